The number of piperazine rings is 1. The Labute approximate surface area is 149 Å². The summed E-state index contributed by atoms with van der Waals surface area (Å²) >= 11 is 0. The summed E-state index contributed by atoms with van der Waals surface area (Å²) in [6.45, 7) is 4.66. The predicted molar refractivity (Wildman–Crippen MR) is 96.3 cm³/mol. The van der Waals surface area contributed by atoms with Crippen LogP contribution in [0.15, 0.2) is 24.3 Å². The van der Waals surface area contributed by atoms with E-state index in [4.69, 9.17) is 0 Å². The standard InChI is InChI=1S/C18H26N2O4S/c1-18(2,22)7-6-13-4-3-5-14(10-13)17(21)20-9-8-19-15-11-25(23,24)12-16(15)20/h3-5,10,15-16,19,22H,6-9,11-12H2,1-2H3/t15-,16+/m1/s1. The highest BCUT2D eigenvalue weighted by Crippen LogP contribution is 2.23. The van der Waals surface area contributed by atoms with E-state index in [1.54, 1.807) is 24.8 Å². The van der Waals surface area contributed by atoms with Crippen molar-refractivity contribution >= 4 is 15.7 Å². The van der Waals surface area contributed by atoms with Crippen LogP contribution in [-0.4, -0.2) is 66.6 Å². The Morgan fingerprint density at radius 3 is 2.84 bits per heavy atom. The average Bonchev–Trinajstić information content (AvgIpc) is 2.85. The van der Waals surface area contributed by atoms with Crippen molar-refractivity contribution in [2.45, 2.75) is 44.4 Å². The number of aryl methyl sites for hydroxylation is 1. The van der Waals surface area contributed by atoms with Gasteiger partial charge in [0.2, 0.25) is 0 Å². The smallest absolute Gasteiger partial charge is 0.254 e. The Balaban J connectivity index is 1.76. The summed E-state index contributed by atoms with van der Waals surface area (Å²) in [6, 6.07) is 6.97. The summed E-state index contributed by atoms with van der Waals surface area (Å²) in [6.07, 6.45) is 1.30. The number of benzene rings is 1. The van der Waals surface area contributed by atoms with Crippen molar-refractivity contribution in [3.8, 4) is 0 Å². The van der Waals surface area contributed by atoms with E-state index in [1.807, 2.05) is 18.2 Å². The first-order valence-electron chi connectivity index (χ1n) is 8.71. The van der Waals surface area contributed by atoms with Gasteiger partial charge in [0.1, 0.15) is 0 Å². The van der Waals surface area contributed by atoms with Crippen molar-refractivity contribution in [1.82, 2.24) is 10.2 Å². The van der Waals surface area contributed by atoms with E-state index < -0.39 is 15.4 Å². The minimum atomic E-state index is -3.09. The molecule has 2 N–H and O–H groups in total. The molecule has 2 aliphatic heterocycles. The number of carbonyl (C=O) groups excluding carboxylic acids is 1. The van der Waals surface area contributed by atoms with Gasteiger partial charge in [-0.25, -0.2) is 8.42 Å². The molecule has 25 heavy (non-hydrogen) atoms. The molecule has 2 atom stereocenters. The van der Waals surface area contributed by atoms with Crippen molar-refractivity contribution in [1.29, 1.82) is 0 Å². The molecule has 1 aromatic carbocycles. The van der Waals surface area contributed by atoms with Gasteiger partial charge in [0, 0.05) is 24.7 Å². The monoisotopic (exact) mass is 366 g/mol. The van der Waals surface area contributed by atoms with Crippen molar-refractivity contribution in [3.05, 3.63) is 35.4 Å². The van der Waals surface area contributed by atoms with Crippen LogP contribution >= 0.6 is 0 Å². The van der Waals surface area contributed by atoms with E-state index in [0.717, 1.165) is 5.56 Å². The van der Waals surface area contributed by atoms with Gasteiger partial charge in [-0.05, 0) is 44.4 Å². The highest BCUT2D eigenvalue weighted by atomic mass is 32.2. The number of carbonyl (C=O) groups is 1. The molecular weight excluding hydrogens is 340 g/mol. The molecule has 0 saturated carbocycles. The van der Waals surface area contributed by atoms with Gasteiger partial charge in [-0.1, -0.05) is 12.1 Å². The SMILES string of the molecule is CC(C)(O)CCc1cccc(C(=O)N2CCN[C@@H]3CS(=O)(=O)C[C@@H]32)c1. The summed E-state index contributed by atoms with van der Waals surface area (Å²) in [5.41, 5.74) is 0.834. The fraction of sp³-hybridized carbons (Fsp3) is 0.611. The van der Waals surface area contributed by atoms with Gasteiger partial charge >= 0.3 is 0 Å². The molecule has 2 fully saturated rings. The zero-order valence-corrected chi connectivity index (χ0v) is 15.6. The average molecular weight is 366 g/mol. The van der Waals surface area contributed by atoms with Gasteiger partial charge in [0.25, 0.3) is 5.91 Å². The lowest BCUT2D eigenvalue weighted by Crippen LogP contribution is -2.59. The second-order valence-electron chi connectivity index (χ2n) is 7.72. The van der Waals surface area contributed by atoms with E-state index in [1.165, 1.54) is 0 Å². The first kappa shape index (κ1) is 18.4. The number of amides is 1. The molecule has 3 rings (SSSR count). The van der Waals surface area contributed by atoms with E-state index in [-0.39, 0.29) is 29.5 Å². The normalized spacial score (nSPS) is 25.6. The van der Waals surface area contributed by atoms with Crippen molar-refractivity contribution in [2.24, 2.45) is 0 Å². The summed E-state index contributed by atoms with van der Waals surface area (Å²) in [5, 5.41) is 13.1. The summed E-state index contributed by atoms with van der Waals surface area (Å²) in [4.78, 5) is 14.7. The highest BCUT2D eigenvalue weighted by molar-refractivity contribution is 7.91. The van der Waals surface area contributed by atoms with Crippen LogP contribution < -0.4 is 5.32 Å². The van der Waals surface area contributed by atoms with E-state index in [2.05, 4.69) is 5.32 Å². The largest absolute Gasteiger partial charge is 0.390 e. The molecule has 0 aromatic heterocycles. The fourth-order valence-electron chi connectivity index (χ4n) is 3.60. The Morgan fingerprint density at radius 1 is 1.36 bits per heavy atom. The molecule has 2 aliphatic rings. The molecule has 2 saturated heterocycles. The maximum atomic E-state index is 13.0. The predicted octanol–water partition coefficient (Wildman–Crippen LogP) is 0.601. The summed E-state index contributed by atoms with van der Waals surface area (Å²) in [7, 11) is -3.09. The molecule has 0 aliphatic carbocycles. The molecule has 0 unspecified atom stereocenters. The Hall–Kier alpha value is -1.44. The maximum Gasteiger partial charge on any atom is 0.254 e. The first-order chi connectivity index (χ1) is 11.6. The Morgan fingerprint density at radius 2 is 2.12 bits per heavy atom. The van der Waals surface area contributed by atoms with Gasteiger partial charge in [-0.15, -0.1) is 0 Å². The van der Waals surface area contributed by atoms with Gasteiger partial charge < -0.3 is 15.3 Å². The van der Waals surface area contributed by atoms with Crippen LogP contribution in [0.25, 0.3) is 0 Å². The number of hydrogen-bond acceptors (Lipinski definition) is 5. The third-order valence-corrected chi connectivity index (χ3v) is 6.66. The molecule has 1 amide bonds. The second kappa shape index (κ2) is 6.70. The van der Waals surface area contributed by atoms with Crippen molar-refractivity contribution in [3.63, 3.8) is 0 Å². The second-order valence-corrected chi connectivity index (χ2v) is 9.87. The zero-order chi connectivity index (χ0) is 18.2. The Bertz CT molecular complexity index is 755. The van der Waals surface area contributed by atoms with Gasteiger partial charge in [-0.3, -0.25) is 4.79 Å². The number of aliphatic hydroxyl groups is 1. The Kier molecular flexibility index (Phi) is 4.92. The van der Waals surface area contributed by atoms with Crippen LogP contribution in [0.2, 0.25) is 0 Å². The number of sulfone groups is 1. The minimum Gasteiger partial charge on any atom is -0.390 e. The van der Waals surface area contributed by atoms with Crippen LogP contribution in [0, 0.1) is 0 Å². The van der Waals surface area contributed by atoms with Crippen molar-refractivity contribution < 1.29 is 18.3 Å². The number of nitrogens with one attached hydrogen (secondary N) is 1. The van der Waals surface area contributed by atoms with Gasteiger partial charge in [0.15, 0.2) is 9.84 Å². The van der Waals surface area contributed by atoms with Crippen LogP contribution in [0.3, 0.4) is 0 Å². The molecule has 7 heteroatoms. The zero-order valence-electron chi connectivity index (χ0n) is 14.7. The third kappa shape index (κ3) is 4.40. The lowest BCUT2D eigenvalue weighted by atomic mass is 9.97. The lowest BCUT2D eigenvalue weighted by Gasteiger charge is -2.37. The molecular formula is C18H26N2O4S. The number of nitrogens with zero attached hydrogens (tertiary/aromatic N) is 1. The maximum absolute atomic E-state index is 13.0. The first-order valence-corrected chi connectivity index (χ1v) is 10.5. The minimum absolute atomic E-state index is 0.0365. The molecule has 2 heterocycles. The number of rotatable bonds is 4. The molecule has 0 radical (unpaired) electrons. The highest BCUT2D eigenvalue weighted by Gasteiger charge is 2.44. The summed E-state index contributed by atoms with van der Waals surface area (Å²) in [5.74, 6) is 0.0284. The molecule has 0 bridgehead atoms. The number of hydrogen-bond donors (Lipinski definition) is 2. The molecule has 0 spiro atoms. The van der Waals surface area contributed by atoms with Gasteiger partial charge in [-0.2, -0.15) is 0 Å². The van der Waals surface area contributed by atoms with Crippen molar-refractivity contribution in [2.75, 3.05) is 24.6 Å². The van der Waals surface area contributed by atoms with Crippen LogP contribution in [0.4, 0.5) is 0 Å². The topological polar surface area (TPSA) is 86.7 Å². The molecule has 138 valence electrons. The van der Waals surface area contributed by atoms with Gasteiger partial charge in [0.05, 0.1) is 23.1 Å². The van der Waals surface area contributed by atoms with Crippen LogP contribution in [-0.2, 0) is 16.3 Å². The van der Waals surface area contributed by atoms with Crippen LogP contribution in [0.5, 0.6) is 0 Å². The van der Waals surface area contributed by atoms with E-state index >= 15 is 0 Å². The fourth-order valence-corrected chi connectivity index (χ4v) is 5.55. The lowest BCUT2D eigenvalue weighted by molar-refractivity contribution is 0.0621. The number of fused-ring (bicyclic) bond motifs is 1. The van der Waals surface area contributed by atoms with Crippen LogP contribution in [0.1, 0.15) is 36.2 Å². The quantitative estimate of drug-likeness (QED) is 0.815. The van der Waals surface area contributed by atoms with E-state index in [0.29, 0.717) is 31.5 Å². The third-order valence-electron chi connectivity index (χ3n) is 4.94. The summed E-state index contributed by atoms with van der Waals surface area (Å²) < 4.78 is 23.9. The van der Waals surface area contributed by atoms with E-state index in [9.17, 15) is 18.3 Å². The molecule has 6 nitrogen and oxygen atoms in total. The molecule has 1 aromatic rings.